The van der Waals surface area contributed by atoms with Crippen molar-refractivity contribution in [1.82, 2.24) is 0 Å². The van der Waals surface area contributed by atoms with Crippen molar-refractivity contribution in [3.8, 4) is 67.9 Å². The summed E-state index contributed by atoms with van der Waals surface area (Å²) >= 11 is 0. The molecular weight excluding hydrogens is 709 g/mol. The molecular formula is C51H50O6. The minimum atomic E-state index is -0.146. The smallest absolute Gasteiger partial charge is 0.115 e. The van der Waals surface area contributed by atoms with Crippen molar-refractivity contribution in [2.45, 2.75) is 57.3 Å². The number of aromatic hydroxyl groups is 6. The molecule has 0 aliphatic heterocycles. The van der Waals surface area contributed by atoms with Gasteiger partial charge in [-0.15, -0.1) is 0 Å². The minimum absolute atomic E-state index is 0.116. The maximum absolute atomic E-state index is 9.80. The van der Waals surface area contributed by atoms with Crippen LogP contribution in [0.1, 0.15) is 63.1 Å². The Labute approximate surface area is 335 Å². The van der Waals surface area contributed by atoms with Crippen molar-refractivity contribution < 1.29 is 30.6 Å². The molecule has 0 spiro atoms. The van der Waals surface area contributed by atoms with Crippen molar-refractivity contribution >= 4 is 0 Å². The van der Waals surface area contributed by atoms with E-state index in [0.29, 0.717) is 5.92 Å². The molecule has 0 aromatic heterocycles. The molecule has 7 aromatic rings. The molecule has 2 unspecified atom stereocenters. The lowest BCUT2D eigenvalue weighted by Gasteiger charge is -2.40. The average molecular weight is 759 g/mol. The fourth-order valence-corrected chi connectivity index (χ4v) is 7.83. The Morgan fingerprint density at radius 1 is 0.368 bits per heavy atom. The maximum atomic E-state index is 9.80. The highest BCUT2D eigenvalue weighted by Gasteiger charge is 2.36. The van der Waals surface area contributed by atoms with Gasteiger partial charge in [0.05, 0.1) is 0 Å². The van der Waals surface area contributed by atoms with E-state index >= 15 is 0 Å². The van der Waals surface area contributed by atoms with Crippen molar-refractivity contribution in [3.05, 3.63) is 180 Å². The van der Waals surface area contributed by atoms with E-state index in [1.165, 1.54) is 16.7 Å². The molecule has 57 heavy (non-hydrogen) atoms. The Hall–Kier alpha value is -6.66. The van der Waals surface area contributed by atoms with Crippen molar-refractivity contribution in [2.24, 2.45) is 0 Å². The lowest BCUT2D eigenvalue weighted by molar-refractivity contribution is 0.293. The molecule has 0 aliphatic rings. The Kier molecular flexibility index (Phi) is 11.9. The van der Waals surface area contributed by atoms with E-state index in [9.17, 15) is 30.6 Å². The highest BCUT2D eigenvalue weighted by molar-refractivity contribution is 5.81. The zero-order valence-electron chi connectivity index (χ0n) is 32.8. The van der Waals surface area contributed by atoms with Crippen LogP contribution in [0.3, 0.4) is 0 Å². The fraction of sp³-hybridized carbons (Fsp3) is 0.176. The Balaban J connectivity index is 0.000000194. The van der Waals surface area contributed by atoms with Gasteiger partial charge in [0.1, 0.15) is 34.5 Å². The Bertz CT molecular complexity index is 2210. The summed E-state index contributed by atoms with van der Waals surface area (Å²) < 4.78 is 0. The predicted molar refractivity (Wildman–Crippen MR) is 230 cm³/mol. The molecule has 6 nitrogen and oxygen atoms in total. The van der Waals surface area contributed by atoms with E-state index in [1.807, 2.05) is 72.8 Å². The van der Waals surface area contributed by atoms with Gasteiger partial charge >= 0.3 is 0 Å². The van der Waals surface area contributed by atoms with Crippen LogP contribution >= 0.6 is 0 Å². The molecule has 0 aliphatic carbocycles. The van der Waals surface area contributed by atoms with Crippen LogP contribution in [-0.2, 0) is 10.8 Å². The fourth-order valence-electron chi connectivity index (χ4n) is 7.83. The molecule has 290 valence electrons. The Morgan fingerprint density at radius 2 is 0.649 bits per heavy atom. The van der Waals surface area contributed by atoms with Crippen LogP contribution in [0.5, 0.6) is 34.5 Å². The molecule has 0 heterocycles. The lowest BCUT2D eigenvalue weighted by atomic mass is 9.64. The Morgan fingerprint density at radius 3 is 0.982 bits per heavy atom. The molecule has 2 atom stereocenters. The van der Waals surface area contributed by atoms with Gasteiger partial charge in [0.2, 0.25) is 0 Å². The summed E-state index contributed by atoms with van der Waals surface area (Å²) in [5.74, 6) is 1.80. The van der Waals surface area contributed by atoms with Crippen LogP contribution in [0.15, 0.2) is 164 Å². The van der Waals surface area contributed by atoms with Crippen molar-refractivity contribution in [1.29, 1.82) is 0 Å². The van der Waals surface area contributed by atoms with Gasteiger partial charge in [-0.3, -0.25) is 0 Å². The molecule has 0 fully saturated rings. The number of phenolic OH excluding ortho intramolecular Hbond substituents is 6. The zero-order chi connectivity index (χ0) is 40.7. The third-order valence-corrected chi connectivity index (χ3v) is 10.8. The first-order chi connectivity index (χ1) is 27.2. The van der Waals surface area contributed by atoms with Crippen molar-refractivity contribution in [2.75, 3.05) is 0 Å². The first-order valence-corrected chi connectivity index (χ1v) is 19.1. The third kappa shape index (κ3) is 10.2. The van der Waals surface area contributed by atoms with Crippen LogP contribution in [0.4, 0.5) is 0 Å². The summed E-state index contributed by atoms with van der Waals surface area (Å²) in [7, 11) is 0. The summed E-state index contributed by atoms with van der Waals surface area (Å²) in [5.41, 5.74) is 9.34. The van der Waals surface area contributed by atoms with E-state index in [0.717, 1.165) is 46.2 Å². The van der Waals surface area contributed by atoms with E-state index < -0.39 is 0 Å². The van der Waals surface area contributed by atoms with Crippen LogP contribution in [0.2, 0.25) is 0 Å². The largest absolute Gasteiger partial charge is 0.508 e. The second kappa shape index (κ2) is 17.0. The highest BCUT2D eigenvalue weighted by atomic mass is 16.3. The van der Waals surface area contributed by atoms with Crippen LogP contribution < -0.4 is 0 Å². The number of benzene rings is 7. The predicted octanol–water partition coefficient (Wildman–Crippen LogP) is 12.4. The van der Waals surface area contributed by atoms with E-state index in [4.69, 9.17) is 0 Å². The molecule has 6 N–H and O–H groups in total. The summed E-state index contributed by atoms with van der Waals surface area (Å²) in [5, 5.41) is 57.8. The number of phenols is 6. The van der Waals surface area contributed by atoms with Gasteiger partial charge in [0, 0.05) is 0 Å². The average Bonchev–Trinajstić information content (AvgIpc) is 3.19. The molecule has 0 bridgehead atoms. The second-order valence-electron chi connectivity index (χ2n) is 15.9. The monoisotopic (exact) mass is 758 g/mol. The highest BCUT2D eigenvalue weighted by Crippen LogP contribution is 2.45. The summed E-state index contributed by atoms with van der Waals surface area (Å²) in [6.07, 6.45) is 1.82. The number of hydrogen-bond acceptors (Lipinski definition) is 6. The van der Waals surface area contributed by atoms with Crippen LogP contribution in [0.25, 0.3) is 33.4 Å². The molecule has 6 heteroatoms. The first kappa shape index (κ1) is 40.0. The molecule has 7 aromatic carbocycles. The van der Waals surface area contributed by atoms with Gasteiger partial charge in [-0.2, -0.15) is 0 Å². The van der Waals surface area contributed by atoms with Crippen LogP contribution in [0, 0.1) is 0 Å². The molecule has 0 amide bonds. The van der Waals surface area contributed by atoms with Gasteiger partial charge in [0.15, 0.2) is 0 Å². The quantitative estimate of drug-likeness (QED) is 0.0826. The minimum Gasteiger partial charge on any atom is -0.508 e. The summed E-state index contributed by atoms with van der Waals surface area (Å²) in [6, 6.07) is 50.0. The van der Waals surface area contributed by atoms with E-state index in [-0.39, 0.29) is 45.3 Å². The molecule has 0 saturated heterocycles. The number of hydrogen-bond donors (Lipinski definition) is 6. The number of rotatable bonds is 10. The van der Waals surface area contributed by atoms with E-state index in [1.54, 1.807) is 72.8 Å². The van der Waals surface area contributed by atoms with Crippen molar-refractivity contribution in [3.63, 3.8) is 0 Å². The van der Waals surface area contributed by atoms with Gasteiger partial charge in [-0.25, -0.2) is 0 Å². The molecule has 0 saturated carbocycles. The molecule has 0 radical (unpaired) electrons. The first-order valence-electron chi connectivity index (χ1n) is 19.1. The zero-order valence-corrected chi connectivity index (χ0v) is 32.8. The maximum Gasteiger partial charge on any atom is 0.115 e. The SMILES string of the molecule is CC(CC(C)(CC(C)(C)c1ccc(O)cc1)c1ccc(O)cc1)c1ccc(O)cc1.Oc1ccc(-c2cc(-c3ccc(O)cc3)cc(-c3ccc(O)cc3)c2)cc1. The lowest BCUT2D eigenvalue weighted by Crippen LogP contribution is -2.33. The van der Waals surface area contributed by atoms with Gasteiger partial charge in [-0.05, 0) is 171 Å². The third-order valence-electron chi connectivity index (χ3n) is 10.8. The standard InChI is InChI=1S/C27H32O3.C24H18O3/c1-19(20-5-11-23(28)12-6-20)17-27(4,22-9-15-25(30)16-10-22)18-26(2,3)21-7-13-24(29)14-8-21;25-22-7-1-16(2-8-22)19-13-20(17-3-9-23(26)10-4-17)15-21(14-19)18-5-11-24(27)12-6-18/h5-16,19,28-30H,17-18H2,1-4H3;1-15,25-27H. The normalized spacial score (nSPS) is 12.8. The van der Waals surface area contributed by atoms with Gasteiger partial charge < -0.3 is 30.6 Å². The molecule has 7 rings (SSSR count). The van der Waals surface area contributed by atoms with E-state index in [2.05, 4.69) is 45.9 Å². The second-order valence-corrected chi connectivity index (χ2v) is 15.9. The van der Waals surface area contributed by atoms with Gasteiger partial charge in [-0.1, -0.05) is 100 Å². The van der Waals surface area contributed by atoms with Crippen LogP contribution in [-0.4, -0.2) is 30.6 Å². The summed E-state index contributed by atoms with van der Waals surface area (Å²) in [6.45, 7) is 8.99. The summed E-state index contributed by atoms with van der Waals surface area (Å²) in [4.78, 5) is 0. The van der Waals surface area contributed by atoms with Gasteiger partial charge in [0.25, 0.3) is 0 Å². The topological polar surface area (TPSA) is 121 Å².